The van der Waals surface area contributed by atoms with Gasteiger partial charge in [-0.05, 0) is 42.3 Å². The Morgan fingerprint density at radius 3 is 2.59 bits per heavy atom. The van der Waals surface area contributed by atoms with Gasteiger partial charge in [-0.15, -0.1) is 5.10 Å². The molecule has 146 valence electrons. The van der Waals surface area contributed by atoms with E-state index in [1.165, 1.54) is 0 Å². The van der Waals surface area contributed by atoms with Gasteiger partial charge in [0.2, 0.25) is 0 Å². The zero-order chi connectivity index (χ0) is 20.4. The minimum atomic E-state index is -0.310. The fourth-order valence-corrected chi connectivity index (χ4v) is 4.35. The number of halogens is 1. The molecule has 0 radical (unpaired) electrons. The summed E-state index contributed by atoms with van der Waals surface area (Å²) in [4.78, 5) is 15.3. The van der Waals surface area contributed by atoms with Crippen LogP contribution in [0.4, 0.5) is 11.4 Å². The molecule has 1 unspecified atom stereocenters. The van der Waals surface area contributed by atoms with Crippen molar-refractivity contribution in [3.63, 3.8) is 0 Å². The first kappa shape index (κ1) is 17.8. The van der Waals surface area contributed by atoms with E-state index >= 15 is 0 Å². The zero-order valence-corrected chi connectivity index (χ0v) is 17.0. The Bertz CT molecular complexity index is 1290. The highest BCUT2D eigenvalue weighted by Gasteiger charge is 2.43. The molecule has 0 spiro atoms. The quantitative estimate of drug-likeness (QED) is 0.551. The Kier molecular flexibility index (Phi) is 3.73. The maximum atomic E-state index is 13.5. The normalized spacial score (nSPS) is 16.1. The molecule has 2 aromatic heterocycles. The van der Waals surface area contributed by atoms with E-state index in [-0.39, 0.29) is 11.9 Å². The number of hydrogen-bond acceptors (Lipinski definition) is 4. The average molecular weight is 407 g/mol. The Balaban J connectivity index is 1.76. The highest BCUT2D eigenvalue weighted by molar-refractivity contribution is 6.30. The predicted molar refractivity (Wildman–Crippen MR) is 113 cm³/mol. The molecular weight excluding hydrogens is 388 g/mol. The second-order valence-electron chi connectivity index (χ2n) is 7.43. The van der Waals surface area contributed by atoms with E-state index < -0.39 is 0 Å². The number of nitrogen functional groups attached to an aromatic ring is 1. The molecule has 1 aliphatic heterocycles. The van der Waals surface area contributed by atoms with Crippen molar-refractivity contribution in [3.05, 3.63) is 70.0 Å². The van der Waals surface area contributed by atoms with E-state index in [2.05, 4.69) is 10.3 Å². The summed E-state index contributed by atoms with van der Waals surface area (Å²) in [5, 5.41) is 8.98. The number of benzene rings is 2. The second kappa shape index (κ2) is 6.09. The largest absolute Gasteiger partial charge is 0.397 e. The maximum Gasteiger partial charge on any atom is 0.263 e. The Morgan fingerprint density at radius 2 is 1.86 bits per heavy atom. The summed E-state index contributed by atoms with van der Waals surface area (Å²) >= 11 is 6.10. The van der Waals surface area contributed by atoms with E-state index in [1.54, 1.807) is 15.8 Å². The lowest BCUT2D eigenvalue weighted by molar-refractivity contribution is 0.0994. The lowest BCUT2D eigenvalue weighted by Crippen LogP contribution is -2.29. The summed E-state index contributed by atoms with van der Waals surface area (Å²) in [6, 6.07) is 11.2. The van der Waals surface area contributed by atoms with Crippen LogP contribution in [0.15, 0.2) is 42.6 Å². The highest BCUT2D eigenvalue weighted by atomic mass is 35.5. The van der Waals surface area contributed by atoms with Crippen LogP contribution in [0.2, 0.25) is 5.02 Å². The Morgan fingerprint density at radius 1 is 1.14 bits per heavy atom. The van der Waals surface area contributed by atoms with Crippen LogP contribution in [0.5, 0.6) is 0 Å². The van der Waals surface area contributed by atoms with Gasteiger partial charge in [0.1, 0.15) is 11.6 Å². The SMILES string of the molecule is Cc1cc(N2C(=O)c3c(N)cn(C)c3C2c2ccc(Cl)cc2)cc2c1nnn2C. The number of rotatable bonds is 2. The monoisotopic (exact) mass is 406 g/mol. The molecule has 0 aliphatic carbocycles. The number of carbonyl (C=O) groups excluding carboxylic acids is 1. The molecule has 2 N–H and O–H groups in total. The lowest BCUT2D eigenvalue weighted by Gasteiger charge is -2.27. The number of nitrogens with zero attached hydrogens (tertiary/aromatic N) is 5. The van der Waals surface area contributed by atoms with Gasteiger partial charge < -0.3 is 10.3 Å². The van der Waals surface area contributed by atoms with E-state index in [4.69, 9.17) is 17.3 Å². The molecule has 7 nitrogen and oxygen atoms in total. The Hall–Kier alpha value is -3.32. The molecule has 3 heterocycles. The summed E-state index contributed by atoms with van der Waals surface area (Å²) < 4.78 is 3.64. The molecule has 1 amide bonds. The number of hydrogen-bond donors (Lipinski definition) is 1. The van der Waals surface area contributed by atoms with Crippen LogP contribution < -0.4 is 10.6 Å². The van der Waals surface area contributed by atoms with Gasteiger partial charge in [0, 0.05) is 31.0 Å². The van der Waals surface area contributed by atoms with Crippen molar-refractivity contribution in [1.82, 2.24) is 19.6 Å². The lowest BCUT2D eigenvalue weighted by atomic mass is 10.0. The second-order valence-corrected chi connectivity index (χ2v) is 7.86. The summed E-state index contributed by atoms with van der Waals surface area (Å²) in [6.45, 7) is 1.97. The number of carbonyl (C=O) groups is 1. The van der Waals surface area contributed by atoms with E-state index in [0.717, 1.165) is 33.5 Å². The molecule has 5 rings (SSSR count). The van der Waals surface area contributed by atoms with Gasteiger partial charge in [-0.2, -0.15) is 0 Å². The molecule has 0 bridgehead atoms. The number of anilines is 2. The van der Waals surface area contributed by atoms with Gasteiger partial charge >= 0.3 is 0 Å². The molecule has 1 aliphatic rings. The number of aromatic nitrogens is 4. The van der Waals surface area contributed by atoms with Crippen molar-refractivity contribution < 1.29 is 4.79 Å². The summed E-state index contributed by atoms with van der Waals surface area (Å²) in [7, 11) is 3.75. The third kappa shape index (κ3) is 2.47. The molecule has 2 aromatic carbocycles. The fourth-order valence-electron chi connectivity index (χ4n) is 4.23. The van der Waals surface area contributed by atoms with Crippen molar-refractivity contribution >= 4 is 39.9 Å². The standard InChI is InChI=1S/C21H19ClN6O/c1-11-8-14(9-16-18(11)24-25-27(16)3)28-19(12-4-6-13(22)7-5-12)20-17(21(28)29)15(23)10-26(20)2/h4-10,19H,23H2,1-3H3. The molecule has 0 saturated heterocycles. The van der Waals surface area contributed by atoms with Crippen LogP contribution in [0.25, 0.3) is 11.0 Å². The molecule has 4 aromatic rings. The van der Waals surface area contributed by atoms with Crippen LogP contribution in [0.1, 0.15) is 33.2 Å². The van der Waals surface area contributed by atoms with Gasteiger partial charge in [0.05, 0.1) is 22.5 Å². The number of amides is 1. The smallest absolute Gasteiger partial charge is 0.263 e. The molecular formula is C21H19ClN6O. The maximum absolute atomic E-state index is 13.5. The molecule has 29 heavy (non-hydrogen) atoms. The van der Waals surface area contributed by atoms with Crippen molar-refractivity contribution in [2.75, 3.05) is 10.6 Å². The molecule has 8 heteroatoms. The van der Waals surface area contributed by atoms with Crippen LogP contribution in [0, 0.1) is 6.92 Å². The first-order valence-corrected chi connectivity index (χ1v) is 9.58. The summed E-state index contributed by atoms with van der Waals surface area (Å²) in [5.74, 6) is -0.119. The topological polar surface area (TPSA) is 82.0 Å². The molecule has 0 fully saturated rings. The van der Waals surface area contributed by atoms with E-state index in [9.17, 15) is 4.79 Å². The predicted octanol–water partition coefficient (Wildman–Crippen LogP) is 3.60. The van der Waals surface area contributed by atoms with Crippen LogP contribution in [0.3, 0.4) is 0 Å². The highest BCUT2D eigenvalue weighted by Crippen LogP contribution is 2.45. The van der Waals surface area contributed by atoms with Crippen molar-refractivity contribution in [2.24, 2.45) is 14.1 Å². The number of aryl methyl sites for hydroxylation is 3. The van der Waals surface area contributed by atoms with E-state index in [1.807, 2.05) is 62.0 Å². The average Bonchev–Trinajstić information content (AvgIpc) is 3.30. The zero-order valence-electron chi connectivity index (χ0n) is 16.2. The minimum Gasteiger partial charge on any atom is -0.397 e. The van der Waals surface area contributed by atoms with Crippen LogP contribution in [-0.2, 0) is 14.1 Å². The van der Waals surface area contributed by atoms with Gasteiger partial charge in [-0.1, -0.05) is 28.9 Å². The molecule has 1 atom stereocenters. The van der Waals surface area contributed by atoms with Gasteiger partial charge in [0.15, 0.2) is 0 Å². The van der Waals surface area contributed by atoms with Gasteiger partial charge in [0.25, 0.3) is 5.91 Å². The Labute approximate surface area is 172 Å². The van der Waals surface area contributed by atoms with E-state index in [0.29, 0.717) is 16.3 Å². The van der Waals surface area contributed by atoms with Gasteiger partial charge in [-0.3, -0.25) is 9.69 Å². The molecule has 0 saturated carbocycles. The van der Waals surface area contributed by atoms with Gasteiger partial charge in [-0.25, -0.2) is 4.68 Å². The van der Waals surface area contributed by atoms with Crippen LogP contribution in [-0.4, -0.2) is 25.5 Å². The minimum absolute atomic E-state index is 0.119. The summed E-state index contributed by atoms with van der Waals surface area (Å²) in [6.07, 6.45) is 1.79. The number of nitrogens with two attached hydrogens (primary N) is 1. The first-order valence-electron chi connectivity index (χ1n) is 9.20. The van der Waals surface area contributed by atoms with Crippen molar-refractivity contribution in [3.8, 4) is 0 Å². The number of fused-ring (bicyclic) bond motifs is 2. The van der Waals surface area contributed by atoms with Crippen molar-refractivity contribution in [2.45, 2.75) is 13.0 Å². The van der Waals surface area contributed by atoms with Crippen LogP contribution >= 0.6 is 11.6 Å². The first-order chi connectivity index (χ1) is 13.9. The van der Waals surface area contributed by atoms with Crippen molar-refractivity contribution in [1.29, 1.82) is 0 Å². The fraction of sp³-hybridized carbons (Fsp3) is 0.190. The summed E-state index contributed by atoms with van der Waals surface area (Å²) in [5.41, 5.74) is 12.5. The third-order valence-electron chi connectivity index (χ3n) is 5.56. The third-order valence-corrected chi connectivity index (χ3v) is 5.82.